The monoisotopic (exact) mass is 238 g/mol. The standard InChI is InChI=1S/C11H14N2O4/c1-4-16-10(14)8-6-7(3)12-9(13-8)11(15)17-5-2/h6H,4-5H2,1-3H3. The van der Waals surface area contributed by atoms with Crippen molar-refractivity contribution >= 4 is 11.9 Å². The number of hydrogen-bond acceptors (Lipinski definition) is 6. The number of nitrogens with zero attached hydrogens (tertiary/aromatic N) is 2. The number of aryl methyl sites for hydroxylation is 1. The second kappa shape index (κ2) is 5.93. The van der Waals surface area contributed by atoms with Gasteiger partial charge in [-0.3, -0.25) is 0 Å². The summed E-state index contributed by atoms with van der Waals surface area (Å²) in [6.07, 6.45) is 0. The third-order valence-electron chi connectivity index (χ3n) is 1.80. The molecule has 0 aliphatic rings. The Labute approximate surface area is 99.0 Å². The molecule has 1 rings (SSSR count). The van der Waals surface area contributed by atoms with Crippen LogP contribution in [0.2, 0.25) is 0 Å². The number of ether oxygens (including phenoxy) is 2. The number of aromatic nitrogens is 2. The first kappa shape index (κ1) is 13.1. The van der Waals surface area contributed by atoms with E-state index in [-0.39, 0.29) is 24.7 Å². The minimum absolute atomic E-state index is 0.0578. The van der Waals surface area contributed by atoms with Crippen LogP contribution in [-0.2, 0) is 9.47 Å². The summed E-state index contributed by atoms with van der Waals surface area (Å²) in [5.41, 5.74) is 0.563. The van der Waals surface area contributed by atoms with Gasteiger partial charge < -0.3 is 9.47 Å². The van der Waals surface area contributed by atoms with Crippen molar-refractivity contribution in [1.82, 2.24) is 9.97 Å². The van der Waals surface area contributed by atoms with E-state index in [1.54, 1.807) is 20.8 Å². The Morgan fingerprint density at radius 3 is 2.29 bits per heavy atom. The summed E-state index contributed by atoms with van der Waals surface area (Å²) >= 11 is 0. The maximum absolute atomic E-state index is 11.5. The number of hydrogen-bond donors (Lipinski definition) is 0. The highest BCUT2D eigenvalue weighted by Crippen LogP contribution is 2.04. The summed E-state index contributed by atoms with van der Waals surface area (Å²) in [5, 5.41) is 0. The summed E-state index contributed by atoms with van der Waals surface area (Å²) in [6.45, 7) is 5.51. The van der Waals surface area contributed by atoms with Gasteiger partial charge in [0.25, 0.3) is 0 Å². The first-order valence-corrected chi connectivity index (χ1v) is 5.28. The maximum Gasteiger partial charge on any atom is 0.376 e. The number of carbonyl (C=O) groups excluding carboxylic acids is 2. The maximum atomic E-state index is 11.5. The molecule has 0 aliphatic heterocycles. The molecular formula is C11H14N2O4. The Hall–Kier alpha value is -1.98. The average molecular weight is 238 g/mol. The van der Waals surface area contributed by atoms with Crippen LogP contribution >= 0.6 is 0 Å². The van der Waals surface area contributed by atoms with Crippen LogP contribution in [0.1, 0.15) is 40.6 Å². The normalized spacial score (nSPS) is 9.82. The van der Waals surface area contributed by atoms with Crippen LogP contribution in [0, 0.1) is 6.92 Å². The van der Waals surface area contributed by atoms with Gasteiger partial charge in [0, 0.05) is 5.69 Å². The molecule has 0 N–H and O–H groups in total. The molecule has 17 heavy (non-hydrogen) atoms. The zero-order valence-corrected chi connectivity index (χ0v) is 10.0. The lowest BCUT2D eigenvalue weighted by molar-refractivity contribution is 0.0505. The molecule has 0 amide bonds. The summed E-state index contributed by atoms with van der Waals surface area (Å²) in [6, 6.07) is 1.46. The molecule has 0 radical (unpaired) electrons. The largest absolute Gasteiger partial charge is 0.461 e. The zero-order valence-electron chi connectivity index (χ0n) is 10.0. The van der Waals surface area contributed by atoms with E-state index in [9.17, 15) is 9.59 Å². The predicted molar refractivity (Wildman–Crippen MR) is 58.7 cm³/mol. The molecule has 0 aliphatic carbocycles. The number of rotatable bonds is 4. The molecule has 92 valence electrons. The van der Waals surface area contributed by atoms with Crippen LogP contribution in [0.3, 0.4) is 0 Å². The minimum Gasteiger partial charge on any atom is -0.461 e. The lowest BCUT2D eigenvalue weighted by atomic mass is 10.3. The molecule has 0 atom stereocenters. The van der Waals surface area contributed by atoms with Crippen LogP contribution in [0.4, 0.5) is 0 Å². The van der Waals surface area contributed by atoms with E-state index in [2.05, 4.69) is 9.97 Å². The Kier molecular flexibility index (Phi) is 4.56. The van der Waals surface area contributed by atoms with E-state index < -0.39 is 11.9 Å². The third-order valence-corrected chi connectivity index (χ3v) is 1.80. The third kappa shape index (κ3) is 3.51. The molecular weight excluding hydrogens is 224 g/mol. The molecule has 1 heterocycles. The SMILES string of the molecule is CCOC(=O)c1cc(C)nc(C(=O)OCC)n1. The molecule has 0 unspecified atom stereocenters. The van der Waals surface area contributed by atoms with Gasteiger partial charge in [0.2, 0.25) is 5.82 Å². The number of esters is 2. The Morgan fingerprint density at radius 1 is 1.12 bits per heavy atom. The molecule has 0 saturated heterocycles. The summed E-state index contributed by atoms with van der Waals surface area (Å²) in [7, 11) is 0. The van der Waals surface area contributed by atoms with E-state index >= 15 is 0 Å². The average Bonchev–Trinajstić information content (AvgIpc) is 2.29. The molecule has 0 aromatic carbocycles. The highest BCUT2D eigenvalue weighted by molar-refractivity contribution is 5.90. The zero-order chi connectivity index (χ0) is 12.8. The van der Waals surface area contributed by atoms with Gasteiger partial charge in [0.1, 0.15) is 0 Å². The van der Waals surface area contributed by atoms with Gasteiger partial charge in [-0.2, -0.15) is 0 Å². The van der Waals surface area contributed by atoms with Gasteiger partial charge in [-0.25, -0.2) is 19.6 Å². The van der Waals surface area contributed by atoms with Crippen LogP contribution < -0.4 is 0 Å². The van der Waals surface area contributed by atoms with E-state index in [0.717, 1.165) is 0 Å². The second-order valence-electron chi connectivity index (χ2n) is 3.16. The van der Waals surface area contributed by atoms with Crippen molar-refractivity contribution in [3.8, 4) is 0 Å². The second-order valence-corrected chi connectivity index (χ2v) is 3.16. The van der Waals surface area contributed by atoms with Crippen molar-refractivity contribution < 1.29 is 19.1 Å². The van der Waals surface area contributed by atoms with Gasteiger partial charge in [0.05, 0.1) is 13.2 Å². The quantitative estimate of drug-likeness (QED) is 0.732. The van der Waals surface area contributed by atoms with E-state index in [0.29, 0.717) is 5.69 Å². The fourth-order valence-electron chi connectivity index (χ4n) is 1.17. The topological polar surface area (TPSA) is 78.4 Å². The molecule has 0 fully saturated rings. The lowest BCUT2D eigenvalue weighted by Gasteiger charge is -2.05. The molecule has 0 spiro atoms. The molecule has 0 bridgehead atoms. The Bertz CT molecular complexity index is 395. The first-order valence-electron chi connectivity index (χ1n) is 5.28. The van der Waals surface area contributed by atoms with Crippen molar-refractivity contribution in [2.45, 2.75) is 20.8 Å². The number of carbonyl (C=O) groups is 2. The van der Waals surface area contributed by atoms with Gasteiger partial charge in [-0.05, 0) is 26.8 Å². The Morgan fingerprint density at radius 2 is 1.71 bits per heavy atom. The van der Waals surface area contributed by atoms with Gasteiger partial charge in [-0.15, -0.1) is 0 Å². The Balaban J connectivity index is 3.01. The smallest absolute Gasteiger partial charge is 0.376 e. The van der Waals surface area contributed by atoms with Crippen molar-refractivity contribution in [3.63, 3.8) is 0 Å². The fourth-order valence-corrected chi connectivity index (χ4v) is 1.17. The van der Waals surface area contributed by atoms with Crippen LogP contribution in [0.5, 0.6) is 0 Å². The van der Waals surface area contributed by atoms with E-state index in [1.165, 1.54) is 6.07 Å². The molecule has 0 saturated carbocycles. The molecule has 1 aromatic heterocycles. The first-order chi connectivity index (χ1) is 8.08. The lowest BCUT2D eigenvalue weighted by Crippen LogP contribution is -2.15. The fraction of sp³-hybridized carbons (Fsp3) is 0.455. The van der Waals surface area contributed by atoms with Crippen LogP contribution in [0.15, 0.2) is 6.07 Å². The van der Waals surface area contributed by atoms with E-state index in [1.807, 2.05) is 0 Å². The van der Waals surface area contributed by atoms with Gasteiger partial charge in [-0.1, -0.05) is 0 Å². The molecule has 6 nitrogen and oxygen atoms in total. The summed E-state index contributed by atoms with van der Waals surface area (Å²) in [4.78, 5) is 30.6. The van der Waals surface area contributed by atoms with E-state index in [4.69, 9.17) is 9.47 Å². The predicted octanol–water partition coefficient (Wildman–Crippen LogP) is 1.14. The van der Waals surface area contributed by atoms with Crippen molar-refractivity contribution in [2.75, 3.05) is 13.2 Å². The van der Waals surface area contributed by atoms with Crippen molar-refractivity contribution in [1.29, 1.82) is 0 Å². The van der Waals surface area contributed by atoms with Gasteiger partial charge >= 0.3 is 11.9 Å². The highest BCUT2D eigenvalue weighted by atomic mass is 16.5. The van der Waals surface area contributed by atoms with Crippen LogP contribution in [-0.4, -0.2) is 35.1 Å². The molecule has 6 heteroatoms. The summed E-state index contributed by atoms with van der Waals surface area (Å²) < 4.78 is 9.56. The molecule has 1 aromatic rings. The van der Waals surface area contributed by atoms with Crippen LogP contribution in [0.25, 0.3) is 0 Å². The van der Waals surface area contributed by atoms with Crippen molar-refractivity contribution in [3.05, 3.63) is 23.3 Å². The van der Waals surface area contributed by atoms with Crippen molar-refractivity contribution in [2.24, 2.45) is 0 Å². The minimum atomic E-state index is -0.651. The highest BCUT2D eigenvalue weighted by Gasteiger charge is 2.16. The van der Waals surface area contributed by atoms with Gasteiger partial charge in [0.15, 0.2) is 5.69 Å². The summed E-state index contributed by atoms with van der Waals surface area (Å²) in [5.74, 6) is -1.36.